The number of anilines is 2. The molecule has 0 aliphatic carbocycles. The Morgan fingerprint density at radius 3 is 2.57 bits per heavy atom. The van der Waals surface area contributed by atoms with E-state index in [4.69, 9.17) is 0 Å². The minimum absolute atomic E-state index is 0.105. The van der Waals surface area contributed by atoms with Crippen LogP contribution in [-0.2, 0) is 0 Å². The van der Waals surface area contributed by atoms with Crippen molar-refractivity contribution >= 4 is 29.0 Å². The second kappa shape index (κ2) is 9.27. The number of amides is 1. The predicted molar refractivity (Wildman–Crippen MR) is 114 cm³/mol. The van der Waals surface area contributed by atoms with Gasteiger partial charge in [0.25, 0.3) is 5.91 Å². The van der Waals surface area contributed by atoms with E-state index in [1.165, 1.54) is 11.3 Å². The van der Waals surface area contributed by atoms with Crippen LogP contribution in [0.2, 0.25) is 0 Å². The van der Waals surface area contributed by atoms with Crippen molar-refractivity contribution < 1.29 is 4.79 Å². The summed E-state index contributed by atoms with van der Waals surface area (Å²) in [7, 11) is 0. The van der Waals surface area contributed by atoms with Gasteiger partial charge in [0.05, 0.1) is 5.69 Å². The number of hydrogen-bond acceptors (Lipinski definition) is 7. The summed E-state index contributed by atoms with van der Waals surface area (Å²) in [6.07, 6.45) is 0. The molecule has 1 aromatic carbocycles. The molecular formula is C20H24N6OS. The number of rotatable bonds is 8. The molecule has 0 aliphatic heterocycles. The van der Waals surface area contributed by atoms with Crippen LogP contribution in [0.25, 0.3) is 10.6 Å². The van der Waals surface area contributed by atoms with Crippen molar-refractivity contribution in [2.45, 2.75) is 20.8 Å². The quantitative estimate of drug-likeness (QED) is 0.505. The van der Waals surface area contributed by atoms with E-state index in [1.54, 1.807) is 0 Å². The molecule has 2 aromatic heterocycles. The first kappa shape index (κ1) is 19.8. The zero-order chi connectivity index (χ0) is 19.9. The fraction of sp³-hybridized carbons (Fsp3) is 0.300. The molecule has 3 rings (SSSR count). The first-order chi connectivity index (χ1) is 13.6. The van der Waals surface area contributed by atoms with Gasteiger partial charge in [-0.25, -0.2) is 9.97 Å². The Labute approximate surface area is 168 Å². The van der Waals surface area contributed by atoms with E-state index < -0.39 is 0 Å². The molecule has 0 atom stereocenters. The smallest absolute Gasteiger partial charge is 0.263 e. The first-order valence-electron chi connectivity index (χ1n) is 9.21. The molecule has 2 heterocycles. The van der Waals surface area contributed by atoms with Gasteiger partial charge in [-0.2, -0.15) is 4.98 Å². The van der Waals surface area contributed by atoms with Crippen LogP contribution in [0.15, 0.2) is 36.4 Å². The molecule has 0 unspecified atom stereocenters. The maximum Gasteiger partial charge on any atom is 0.263 e. The molecule has 1 amide bonds. The van der Waals surface area contributed by atoms with Crippen molar-refractivity contribution in [2.75, 3.05) is 30.3 Å². The highest BCUT2D eigenvalue weighted by Gasteiger charge is 2.15. The monoisotopic (exact) mass is 396 g/mol. The molecule has 3 N–H and O–H groups in total. The van der Waals surface area contributed by atoms with Gasteiger partial charge in [0, 0.05) is 37.0 Å². The van der Waals surface area contributed by atoms with Crippen molar-refractivity contribution in [3.63, 3.8) is 0 Å². The molecule has 8 heteroatoms. The average Bonchev–Trinajstić information content (AvgIpc) is 3.07. The number of benzene rings is 1. The number of aryl methyl sites for hydroxylation is 2. The molecule has 3 aromatic rings. The summed E-state index contributed by atoms with van der Waals surface area (Å²) >= 11 is 1.41. The zero-order valence-electron chi connectivity index (χ0n) is 16.2. The van der Waals surface area contributed by atoms with Gasteiger partial charge in [0.2, 0.25) is 5.95 Å². The third-order valence-electron chi connectivity index (χ3n) is 3.93. The predicted octanol–water partition coefficient (Wildman–Crippen LogP) is 3.49. The number of carbonyl (C=O) groups excluding carboxylic acids is 1. The van der Waals surface area contributed by atoms with E-state index in [-0.39, 0.29) is 5.91 Å². The first-order valence-corrected chi connectivity index (χ1v) is 10.0. The lowest BCUT2D eigenvalue weighted by atomic mass is 10.2. The van der Waals surface area contributed by atoms with Crippen LogP contribution in [0, 0.1) is 13.8 Å². The lowest BCUT2D eigenvalue weighted by Gasteiger charge is -2.09. The third-order valence-corrected chi connectivity index (χ3v) is 5.13. The molecule has 0 aliphatic rings. The summed E-state index contributed by atoms with van der Waals surface area (Å²) in [4.78, 5) is 26.4. The van der Waals surface area contributed by atoms with Crippen LogP contribution in [0.5, 0.6) is 0 Å². The van der Waals surface area contributed by atoms with Gasteiger partial charge in [0.1, 0.15) is 15.7 Å². The Balaban J connectivity index is 1.55. The number of aromatic nitrogens is 3. The number of hydrogen-bond donors (Lipinski definition) is 3. The van der Waals surface area contributed by atoms with Gasteiger partial charge < -0.3 is 16.0 Å². The highest BCUT2D eigenvalue weighted by Crippen LogP contribution is 2.27. The Bertz CT molecular complexity index is 941. The van der Waals surface area contributed by atoms with E-state index in [0.29, 0.717) is 23.9 Å². The highest BCUT2D eigenvalue weighted by atomic mass is 32.1. The topological polar surface area (TPSA) is 91.8 Å². The van der Waals surface area contributed by atoms with Crippen molar-refractivity contribution in [2.24, 2.45) is 0 Å². The third kappa shape index (κ3) is 5.04. The maximum atomic E-state index is 12.5. The molecule has 146 valence electrons. The van der Waals surface area contributed by atoms with Crippen molar-refractivity contribution in [1.29, 1.82) is 0 Å². The molecule has 0 spiro atoms. The van der Waals surface area contributed by atoms with Crippen molar-refractivity contribution in [1.82, 2.24) is 20.3 Å². The second-order valence-corrected chi connectivity index (χ2v) is 7.23. The van der Waals surface area contributed by atoms with E-state index in [1.807, 2.05) is 57.2 Å². The summed E-state index contributed by atoms with van der Waals surface area (Å²) in [5.74, 6) is 1.23. The molecule has 0 saturated carbocycles. The lowest BCUT2D eigenvalue weighted by molar-refractivity contribution is 0.0958. The van der Waals surface area contributed by atoms with E-state index in [2.05, 4.69) is 30.9 Å². The summed E-state index contributed by atoms with van der Waals surface area (Å²) in [6, 6.07) is 11.8. The molecular weight excluding hydrogens is 372 g/mol. The Morgan fingerprint density at radius 1 is 1.04 bits per heavy atom. The minimum atomic E-state index is -0.105. The molecule has 28 heavy (non-hydrogen) atoms. The van der Waals surface area contributed by atoms with Gasteiger partial charge in [-0.1, -0.05) is 30.3 Å². The summed E-state index contributed by atoms with van der Waals surface area (Å²) in [6.45, 7) is 7.60. The van der Waals surface area contributed by atoms with Crippen LogP contribution < -0.4 is 16.0 Å². The lowest BCUT2D eigenvalue weighted by Crippen LogP contribution is -2.28. The summed E-state index contributed by atoms with van der Waals surface area (Å²) in [5.41, 5.74) is 2.65. The van der Waals surface area contributed by atoms with E-state index in [9.17, 15) is 4.79 Å². The van der Waals surface area contributed by atoms with Gasteiger partial charge in [0.15, 0.2) is 0 Å². The van der Waals surface area contributed by atoms with Gasteiger partial charge in [-0.15, -0.1) is 11.3 Å². The normalized spacial score (nSPS) is 10.5. The van der Waals surface area contributed by atoms with Gasteiger partial charge in [-0.05, 0) is 20.8 Å². The Morgan fingerprint density at radius 2 is 1.82 bits per heavy atom. The van der Waals surface area contributed by atoms with Crippen LogP contribution >= 0.6 is 11.3 Å². The van der Waals surface area contributed by atoms with Gasteiger partial charge >= 0.3 is 0 Å². The van der Waals surface area contributed by atoms with Crippen molar-refractivity contribution in [3.8, 4) is 10.6 Å². The van der Waals surface area contributed by atoms with Crippen molar-refractivity contribution in [3.05, 3.63) is 52.7 Å². The molecule has 7 nitrogen and oxygen atoms in total. The van der Waals surface area contributed by atoms with Crippen LogP contribution in [0.3, 0.4) is 0 Å². The summed E-state index contributed by atoms with van der Waals surface area (Å²) < 4.78 is 0. The summed E-state index contributed by atoms with van der Waals surface area (Å²) in [5, 5.41) is 10.1. The maximum absolute atomic E-state index is 12.5. The fourth-order valence-electron chi connectivity index (χ4n) is 2.65. The standard InChI is InChI=1S/C20H24N6OS/c1-4-21-20-24-13(2)12-16(26-20)22-10-11-23-18(27)17-14(3)25-19(28-17)15-8-6-5-7-9-15/h5-9,12H,4,10-11H2,1-3H3,(H,23,27)(H2,21,22,24,26). The number of nitrogens with one attached hydrogen (secondary N) is 3. The largest absolute Gasteiger partial charge is 0.368 e. The van der Waals surface area contributed by atoms with E-state index >= 15 is 0 Å². The second-order valence-electron chi connectivity index (χ2n) is 6.23. The van der Waals surface area contributed by atoms with E-state index in [0.717, 1.165) is 34.3 Å². The van der Waals surface area contributed by atoms with Crippen LogP contribution in [-0.4, -0.2) is 40.5 Å². The number of nitrogens with zero attached hydrogens (tertiary/aromatic N) is 3. The average molecular weight is 397 g/mol. The molecule has 0 fully saturated rings. The Hall–Kier alpha value is -3.00. The fourth-order valence-corrected chi connectivity index (χ4v) is 3.64. The minimum Gasteiger partial charge on any atom is -0.368 e. The van der Waals surface area contributed by atoms with Crippen LogP contribution in [0.4, 0.5) is 11.8 Å². The highest BCUT2D eigenvalue weighted by molar-refractivity contribution is 7.17. The zero-order valence-corrected chi connectivity index (χ0v) is 17.1. The molecule has 0 bridgehead atoms. The van der Waals surface area contributed by atoms with Crippen LogP contribution in [0.1, 0.15) is 28.0 Å². The van der Waals surface area contributed by atoms with Gasteiger partial charge in [-0.3, -0.25) is 4.79 Å². The SMILES string of the molecule is CCNc1nc(C)cc(NCCNC(=O)c2sc(-c3ccccc3)nc2C)n1. The number of carbonyl (C=O) groups is 1. The Kier molecular flexibility index (Phi) is 6.54. The number of thiazole rings is 1. The molecule has 0 saturated heterocycles. The molecule has 0 radical (unpaired) electrons.